The monoisotopic (exact) mass is 247 g/mol. The van der Waals surface area contributed by atoms with Gasteiger partial charge in [0.15, 0.2) is 0 Å². The van der Waals surface area contributed by atoms with Gasteiger partial charge < -0.3 is 15.5 Å². The molecule has 0 aliphatic heterocycles. The van der Waals surface area contributed by atoms with Crippen molar-refractivity contribution >= 4 is 11.6 Å². The molecule has 0 saturated heterocycles. The first-order valence-electron chi connectivity index (χ1n) is 5.06. The Morgan fingerprint density at radius 2 is 2.12 bits per heavy atom. The lowest BCUT2D eigenvalue weighted by molar-refractivity contribution is 0.199. The summed E-state index contributed by atoms with van der Waals surface area (Å²) in [5, 5.41) is 21.1. The number of hydrogen-bond donors (Lipinski definition) is 3. The first kappa shape index (κ1) is 13.4. The van der Waals surface area contributed by atoms with Gasteiger partial charge in [0.1, 0.15) is 5.82 Å². The zero-order chi connectivity index (χ0) is 12.0. The van der Waals surface area contributed by atoms with E-state index in [9.17, 15) is 4.39 Å². The summed E-state index contributed by atoms with van der Waals surface area (Å²) in [6.07, 6.45) is 0.429. The van der Waals surface area contributed by atoms with E-state index < -0.39 is 0 Å². The zero-order valence-electron chi connectivity index (χ0n) is 8.79. The van der Waals surface area contributed by atoms with E-state index in [1.54, 1.807) is 0 Å². The molecule has 3 nitrogen and oxygen atoms in total. The first-order valence-corrected chi connectivity index (χ1v) is 5.44. The highest BCUT2D eigenvalue weighted by Gasteiger charge is 2.08. The minimum atomic E-state index is -0.336. The van der Waals surface area contributed by atoms with Crippen LogP contribution in [0.4, 0.5) is 4.39 Å². The molecular weight excluding hydrogens is 233 g/mol. The second-order valence-corrected chi connectivity index (χ2v) is 3.94. The van der Waals surface area contributed by atoms with E-state index in [1.165, 1.54) is 18.2 Å². The molecule has 1 aromatic carbocycles. The fourth-order valence-corrected chi connectivity index (χ4v) is 1.54. The van der Waals surface area contributed by atoms with Crippen molar-refractivity contribution in [2.45, 2.75) is 19.0 Å². The van der Waals surface area contributed by atoms with Crippen molar-refractivity contribution in [1.29, 1.82) is 0 Å². The molecule has 1 rings (SSSR count). The molecule has 0 aliphatic rings. The van der Waals surface area contributed by atoms with Crippen molar-refractivity contribution in [2.24, 2.45) is 0 Å². The molecule has 0 amide bonds. The van der Waals surface area contributed by atoms with Gasteiger partial charge in [-0.15, -0.1) is 0 Å². The highest BCUT2D eigenvalue weighted by molar-refractivity contribution is 6.30. The molecule has 90 valence electrons. The number of halogens is 2. The molecule has 0 spiro atoms. The number of aliphatic hydroxyl groups is 2. The topological polar surface area (TPSA) is 52.5 Å². The lowest BCUT2D eigenvalue weighted by Crippen LogP contribution is -2.33. The third-order valence-electron chi connectivity index (χ3n) is 2.29. The predicted octanol–water partition coefficient (Wildman–Crippen LogP) is 1.31. The summed E-state index contributed by atoms with van der Waals surface area (Å²) in [5.74, 6) is -0.336. The van der Waals surface area contributed by atoms with Crippen LogP contribution in [0.25, 0.3) is 0 Å². The van der Waals surface area contributed by atoms with Crippen LogP contribution in [0.15, 0.2) is 18.2 Å². The standard InChI is InChI=1S/C11H15ClFNO2/c12-9-1-2-11(13)8(5-9)6-14-10(7-16)3-4-15/h1-2,5,10,14-16H,3-4,6-7H2. The van der Waals surface area contributed by atoms with E-state index in [4.69, 9.17) is 21.8 Å². The van der Waals surface area contributed by atoms with Crippen molar-refractivity contribution < 1.29 is 14.6 Å². The SMILES string of the molecule is OCCC(CO)NCc1cc(Cl)ccc1F. The van der Waals surface area contributed by atoms with Gasteiger partial charge in [0.05, 0.1) is 6.61 Å². The molecule has 16 heavy (non-hydrogen) atoms. The minimum Gasteiger partial charge on any atom is -0.396 e. The van der Waals surface area contributed by atoms with Crippen molar-refractivity contribution in [1.82, 2.24) is 5.32 Å². The maximum Gasteiger partial charge on any atom is 0.127 e. The predicted molar refractivity (Wildman–Crippen MR) is 60.8 cm³/mol. The maximum absolute atomic E-state index is 13.3. The van der Waals surface area contributed by atoms with Gasteiger partial charge in [0, 0.05) is 29.8 Å². The van der Waals surface area contributed by atoms with Crippen molar-refractivity contribution in [3.05, 3.63) is 34.6 Å². The Balaban J connectivity index is 2.55. The second kappa shape index (κ2) is 6.81. The lowest BCUT2D eigenvalue weighted by atomic mass is 10.1. The fraction of sp³-hybridized carbons (Fsp3) is 0.455. The van der Waals surface area contributed by atoms with Gasteiger partial charge in [-0.1, -0.05) is 11.6 Å². The van der Waals surface area contributed by atoms with Crippen LogP contribution in [0.2, 0.25) is 5.02 Å². The van der Waals surface area contributed by atoms with Gasteiger partial charge in [0.2, 0.25) is 0 Å². The molecule has 1 aromatic rings. The Bertz CT molecular complexity index is 336. The maximum atomic E-state index is 13.3. The minimum absolute atomic E-state index is 0.0176. The summed E-state index contributed by atoms with van der Waals surface area (Å²) in [6.45, 7) is 0.163. The Kier molecular flexibility index (Phi) is 5.69. The number of hydrogen-bond acceptors (Lipinski definition) is 3. The van der Waals surface area contributed by atoms with E-state index in [2.05, 4.69) is 5.32 Å². The molecule has 1 unspecified atom stereocenters. The zero-order valence-corrected chi connectivity index (χ0v) is 9.54. The molecule has 0 fully saturated rings. The third kappa shape index (κ3) is 4.06. The van der Waals surface area contributed by atoms with E-state index in [0.29, 0.717) is 17.0 Å². The van der Waals surface area contributed by atoms with Gasteiger partial charge in [-0.3, -0.25) is 0 Å². The normalized spacial score (nSPS) is 12.8. The molecule has 5 heteroatoms. The van der Waals surface area contributed by atoms with Crippen LogP contribution in [0, 0.1) is 5.82 Å². The van der Waals surface area contributed by atoms with Crippen LogP contribution in [-0.4, -0.2) is 29.5 Å². The Hall–Kier alpha value is -0.680. The first-order chi connectivity index (χ1) is 7.67. The molecule has 0 aliphatic carbocycles. The number of aliphatic hydroxyl groups excluding tert-OH is 2. The third-order valence-corrected chi connectivity index (χ3v) is 2.52. The molecule has 0 aromatic heterocycles. The van der Waals surface area contributed by atoms with Crippen LogP contribution in [0.1, 0.15) is 12.0 Å². The highest BCUT2D eigenvalue weighted by Crippen LogP contribution is 2.14. The van der Waals surface area contributed by atoms with Gasteiger partial charge in [-0.25, -0.2) is 4.39 Å². The summed E-state index contributed by atoms with van der Waals surface area (Å²) in [7, 11) is 0. The Labute approximate surface area is 98.9 Å². The van der Waals surface area contributed by atoms with Gasteiger partial charge in [-0.2, -0.15) is 0 Å². The lowest BCUT2D eigenvalue weighted by Gasteiger charge is -2.15. The molecule has 0 bridgehead atoms. The van der Waals surface area contributed by atoms with Gasteiger partial charge in [-0.05, 0) is 24.6 Å². The van der Waals surface area contributed by atoms with E-state index in [-0.39, 0.29) is 31.6 Å². The van der Waals surface area contributed by atoms with E-state index in [0.717, 1.165) is 0 Å². The van der Waals surface area contributed by atoms with E-state index in [1.807, 2.05) is 0 Å². The van der Waals surface area contributed by atoms with Crippen molar-refractivity contribution in [3.8, 4) is 0 Å². The summed E-state index contributed by atoms with van der Waals surface area (Å²) in [5.41, 5.74) is 0.448. The van der Waals surface area contributed by atoms with Crippen molar-refractivity contribution in [2.75, 3.05) is 13.2 Å². The van der Waals surface area contributed by atoms with Gasteiger partial charge in [0.25, 0.3) is 0 Å². The Morgan fingerprint density at radius 1 is 1.38 bits per heavy atom. The summed E-state index contributed by atoms with van der Waals surface area (Å²) in [6, 6.07) is 4.09. The molecule has 0 saturated carbocycles. The van der Waals surface area contributed by atoms with Crippen molar-refractivity contribution in [3.63, 3.8) is 0 Å². The van der Waals surface area contributed by atoms with Crippen LogP contribution < -0.4 is 5.32 Å². The van der Waals surface area contributed by atoms with Crippen LogP contribution in [0.5, 0.6) is 0 Å². The largest absolute Gasteiger partial charge is 0.396 e. The van der Waals surface area contributed by atoms with Crippen LogP contribution in [-0.2, 0) is 6.54 Å². The number of benzene rings is 1. The molecule has 0 heterocycles. The number of nitrogens with one attached hydrogen (secondary N) is 1. The molecular formula is C11H15ClFNO2. The quantitative estimate of drug-likeness (QED) is 0.711. The average molecular weight is 248 g/mol. The highest BCUT2D eigenvalue weighted by atomic mass is 35.5. The summed E-state index contributed by atoms with van der Waals surface area (Å²) < 4.78 is 13.3. The number of rotatable bonds is 6. The second-order valence-electron chi connectivity index (χ2n) is 3.51. The molecule has 3 N–H and O–H groups in total. The fourth-order valence-electron chi connectivity index (χ4n) is 1.35. The smallest absolute Gasteiger partial charge is 0.127 e. The molecule has 1 atom stereocenters. The van der Waals surface area contributed by atoms with Crippen LogP contribution >= 0.6 is 11.6 Å². The Morgan fingerprint density at radius 3 is 2.75 bits per heavy atom. The van der Waals surface area contributed by atoms with E-state index >= 15 is 0 Å². The summed E-state index contributed by atoms with van der Waals surface area (Å²) in [4.78, 5) is 0. The average Bonchev–Trinajstić information content (AvgIpc) is 2.28. The summed E-state index contributed by atoms with van der Waals surface area (Å²) >= 11 is 5.74. The van der Waals surface area contributed by atoms with Crippen LogP contribution in [0.3, 0.4) is 0 Å². The molecule has 0 radical (unpaired) electrons. The van der Waals surface area contributed by atoms with Gasteiger partial charge >= 0.3 is 0 Å².